The number of hydrogen-bond acceptors (Lipinski definition) is 5. The van der Waals surface area contributed by atoms with Crippen molar-refractivity contribution in [3.05, 3.63) is 29.6 Å². The van der Waals surface area contributed by atoms with Crippen LogP contribution in [-0.4, -0.2) is 41.1 Å². The van der Waals surface area contributed by atoms with Crippen molar-refractivity contribution in [3.8, 4) is 0 Å². The minimum atomic E-state index is -3.86. The summed E-state index contributed by atoms with van der Waals surface area (Å²) in [6.07, 6.45) is 0.593. The second-order valence-corrected chi connectivity index (χ2v) is 6.02. The molecular formula is C13H20ClFN2O4S. The molecule has 1 aromatic rings. The monoisotopic (exact) mass is 354 g/mol. The van der Waals surface area contributed by atoms with E-state index in [0.717, 1.165) is 18.2 Å². The van der Waals surface area contributed by atoms with Gasteiger partial charge in [0.25, 0.3) is 0 Å². The van der Waals surface area contributed by atoms with Crippen LogP contribution in [0.4, 0.5) is 4.39 Å². The molecule has 9 heteroatoms. The minimum Gasteiger partial charge on any atom is -0.462 e. The molecule has 1 aromatic carbocycles. The van der Waals surface area contributed by atoms with Crippen molar-refractivity contribution in [1.82, 2.24) is 10.0 Å². The van der Waals surface area contributed by atoms with Crippen LogP contribution in [0.25, 0.3) is 0 Å². The van der Waals surface area contributed by atoms with E-state index >= 15 is 0 Å². The molecule has 0 aliphatic carbocycles. The number of carbonyl (C=O) groups is 1. The topological polar surface area (TPSA) is 84.5 Å². The molecule has 0 aliphatic heterocycles. The Bertz CT molecular complexity index is 596. The van der Waals surface area contributed by atoms with E-state index in [0.29, 0.717) is 13.0 Å². The molecule has 0 spiro atoms. The maximum absolute atomic E-state index is 13.5. The highest BCUT2D eigenvalue weighted by molar-refractivity contribution is 7.89. The molecule has 22 heavy (non-hydrogen) atoms. The van der Waals surface area contributed by atoms with E-state index in [2.05, 4.69) is 10.0 Å². The lowest BCUT2D eigenvalue weighted by molar-refractivity contribution is 0.0525. The zero-order valence-corrected chi connectivity index (χ0v) is 14.0. The molecule has 0 saturated heterocycles. The molecule has 0 amide bonds. The van der Waals surface area contributed by atoms with Crippen LogP contribution in [0.3, 0.4) is 0 Å². The Morgan fingerprint density at radius 2 is 1.95 bits per heavy atom. The van der Waals surface area contributed by atoms with Crippen LogP contribution in [0.15, 0.2) is 23.1 Å². The first-order valence-corrected chi connectivity index (χ1v) is 8.01. The molecule has 1 rings (SSSR count). The molecule has 0 atom stereocenters. The second-order valence-electron chi connectivity index (χ2n) is 4.25. The van der Waals surface area contributed by atoms with E-state index in [1.54, 1.807) is 14.0 Å². The van der Waals surface area contributed by atoms with Gasteiger partial charge in [-0.25, -0.2) is 22.3 Å². The molecule has 0 aromatic heterocycles. The van der Waals surface area contributed by atoms with Gasteiger partial charge in [-0.2, -0.15) is 0 Å². The van der Waals surface area contributed by atoms with Gasteiger partial charge in [-0.15, -0.1) is 12.4 Å². The minimum absolute atomic E-state index is 0. The van der Waals surface area contributed by atoms with Gasteiger partial charge in [0, 0.05) is 6.54 Å². The lowest BCUT2D eigenvalue weighted by atomic mass is 10.2. The number of hydrogen-bond donors (Lipinski definition) is 2. The molecule has 2 N–H and O–H groups in total. The number of halogens is 2. The molecule has 0 saturated carbocycles. The van der Waals surface area contributed by atoms with E-state index in [4.69, 9.17) is 4.74 Å². The highest BCUT2D eigenvalue weighted by Gasteiger charge is 2.18. The van der Waals surface area contributed by atoms with Crippen LogP contribution >= 0.6 is 12.4 Å². The Morgan fingerprint density at radius 3 is 2.55 bits per heavy atom. The average molecular weight is 355 g/mol. The molecule has 0 unspecified atom stereocenters. The van der Waals surface area contributed by atoms with Gasteiger partial charge >= 0.3 is 5.97 Å². The lowest BCUT2D eigenvalue weighted by Gasteiger charge is -2.08. The van der Waals surface area contributed by atoms with Gasteiger partial charge in [-0.1, -0.05) is 0 Å². The fourth-order valence-electron chi connectivity index (χ4n) is 1.61. The quantitative estimate of drug-likeness (QED) is 0.543. The summed E-state index contributed by atoms with van der Waals surface area (Å²) in [5.41, 5.74) is -0.132. The number of benzene rings is 1. The highest BCUT2D eigenvalue weighted by Crippen LogP contribution is 2.15. The SMILES string of the molecule is CCOC(=O)c1cc(F)cc(S(=O)(=O)NCCCNC)c1.Cl. The Hall–Kier alpha value is -1.22. The van der Waals surface area contributed by atoms with Gasteiger partial charge in [-0.3, -0.25) is 0 Å². The number of nitrogens with one attached hydrogen (secondary N) is 2. The van der Waals surface area contributed by atoms with E-state index in [1.165, 1.54) is 0 Å². The number of esters is 1. The fraction of sp³-hybridized carbons (Fsp3) is 0.462. The summed E-state index contributed by atoms with van der Waals surface area (Å²) >= 11 is 0. The molecule has 0 aliphatic rings. The Kier molecular flexibility index (Phi) is 9.19. The van der Waals surface area contributed by atoms with Crippen molar-refractivity contribution in [2.24, 2.45) is 0 Å². The summed E-state index contributed by atoms with van der Waals surface area (Å²) in [6, 6.07) is 2.91. The molecule has 0 radical (unpaired) electrons. The Morgan fingerprint density at radius 1 is 1.27 bits per heavy atom. The van der Waals surface area contributed by atoms with E-state index < -0.39 is 21.8 Å². The largest absolute Gasteiger partial charge is 0.462 e. The summed E-state index contributed by atoms with van der Waals surface area (Å²) < 4.78 is 44.6. The van der Waals surface area contributed by atoms with Gasteiger partial charge in [0.05, 0.1) is 17.1 Å². The summed E-state index contributed by atoms with van der Waals surface area (Å²) in [5.74, 6) is -1.57. The number of carbonyl (C=O) groups excluding carboxylic acids is 1. The summed E-state index contributed by atoms with van der Waals surface area (Å²) in [4.78, 5) is 11.3. The lowest BCUT2D eigenvalue weighted by Crippen LogP contribution is -2.27. The number of ether oxygens (including phenoxy) is 1. The third-order valence-corrected chi connectivity index (χ3v) is 4.03. The van der Waals surface area contributed by atoms with Gasteiger partial charge in [-0.05, 0) is 45.1 Å². The molecule has 126 valence electrons. The second kappa shape index (κ2) is 9.73. The van der Waals surface area contributed by atoms with Gasteiger partial charge in [0.1, 0.15) is 5.82 Å². The van der Waals surface area contributed by atoms with Crippen LogP contribution in [0, 0.1) is 5.82 Å². The zero-order valence-electron chi connectivity index (χ0n) is 12.4. The standard InChI is InChI=1S/C13H19FN2O4S.ClH/c1-3-20-13(17)10-7-11(14)9-12(8-10)21(18,19)16-6-4-5-15-2;/h7-9,15-16H,3-6H2,1-2H3;1H. The first-order valence-electron chi connectivity index (χ1n) is 6.52. The number of rotatable bonds is 8. The van der Waals surface area contributed by atoms with Gasteiger partial charge in [0.2, 0.25) is 10.0 Å². The number of sulfonamides is 1. The van der Waals surface area contributed by atoms with Crippen LogP contribution < -0.4 is 10.0 Å². The fourth-order valence-corrected chi connectivity index (χ4v) is 2.73. The highest BCUT2D eigenvalue weighted by atomic mass is 35.5. The van der Waals surface area contributed by atoms with E-state index in [1.807, 2.05) is 0 Å². The molecule has 0 bridgehead atoms. The summed E-state index contributed by atoms with van der Waals surface area (Å²) in [6.45, 7) is 2.60. The van der Waals surface area contributed by atoms with Crippen LogP contribution in [0.5, 0.6) is 0 Å². The maximum atomic E-state index is 13.5. The Labute approximate surface area is 135 Å². The van der Waals surface area contributed by atoms with Crippen molar-refractivity contribution in [2.75, 3.05) is 26.7 Å². The van der Waals surface area contributed by atoms with E-state index in [9.17, 15) is 17.6 Å². The van der Waals surface area contributed by atoms with Crippen LogP contribution in [-0.2, 0) is 14.8 Å². The predicted octanol–water partition coefficient (Wildman–Crippen LogP) is 1.31. The van der Waals surface area contributed by atoms with Crippen molar-refractivity contribution in [2.45, 2.75) is 18.2 Å². The molecule has 0 fully saturated rings. The van der Waals surface area contributed by atoms with E-state index in [-0.39, 0.29) is 36.0 Å². The third kappa shape index (κ3) is 6.27. The van der Waals surface area contributed by atoms with Gasteiger partial charge < -0.3 is 10.1 Å². The summed E-state index contributed by atoms with van der Waals surface area (Å²) in [5, 5.41) is 2.88. The molecular weight excluding hydrogens is 335 g/mol. The average Bonchev–Trinajstić information content (AvgIpc) is 2.43. The van der Waals surface area contributed by atoms with Crippen LogP contribution in [0.1, 0.15) is 23.7 Å². The Balaban J connectivity index is 0.00000441. The maximum Gasteiger partial charge on any atom is 0.338 e. The van der Waals surface area contributed by atoms with Crippen molar-refractivity contribution < 1.29 is 22.3 Å². The molecule has 6 nitrogen and oxygen atoms in total. The third-order valence-electron chi connectivity index (χ3n) is 2.59. The van der Waals surface area contributed by atoms with Crippen molar-refractivity contribution in [3.63, 3.8) is 0 Å². The summed E-state index contributed by atoms with van der Waals surface area (Å²) in [7, 11) is -2.10. The van der Waals surface area contributed by atoms with Crippen LogP contribution in [0.2, 0.25) is 0 Å². The van der Waals surface area contributed by atoms with Gasteiger partial charge in [0.15, 0.2) is 0 Å². The normalized spacial score (nSPS) is 10.9. The van der Waals surface area contributed by atoms with Crippen molar-refractivity contribution in [1.29, 1.82) is 0 Å². The zero-order chi connectivity index (χ0) is 15.9. The smallest absolute Gasteiger partial charge is 0.338 e. The predicted molar refractivity (Wildman–Crippen MR) is 83.3 cm³/mol. The molecule has 0 heterocycles. The van der Waals surface area contributed by atoms with Crippen molar-refractivity contribution >= 4 is 28.4 Å². The first kappa shape index (κ1) is 20.8. The first-order chi connectivity index (χ1) is 9.90.